The van der Waals surface area contributed by atoms with Gasteiger partial charge in [0.1, 0.15) is 51.7 Å². The molecule has 13 rings (SSSR count). The second kappa shape index (κ2) is 50.6. The molecule has 22 heteroatoms. The van der Waals surface area contributed by atoms with E-state index in [-0.39, 0.29) is 62.8 Å². The van der Waals surface area contributed by atoms with Crippen molar-refractivity contribution in [2.24, 2.45) is 0 Å². The molecule has 0 bridgehead atoms. The minimum atomic E-state index is -3.56. The van der Waals surface area contributed by atoms with E-state index in [1.54, 1.807) is 193 Å². The summed E-state index contributed by atoms with van der Waals surface area (Å²) in [7, 11) is 6.99. The van der Waals surface area contributed by atoms with Crippen molar-refractivity contribution in [2.45, 2.75) is 99.1 Å². The average molecular weight is 1970 g/mol. The quantitative estimate of drug-likeness (QED) is 0.0401. The third-order valence-corrected chi connectivity index (χ3v) is 22.6. The first-order valence-corrected chi connectivity index (χ1v) is 46.4. The number of benzene rings is 13. The number of hydrogen-bond acceptors (Lipinski definition) is 16. The Balaban J connectivity index is 0.000000263. The van der Waals surface area contributed by atoms with E-state index in [2.05, 4.69) is 149 Å². The van der Waals surface area contributed by atoms with Gasteiger partial charge in [0.2, 0.25) is 19.7 Å². The topological polar surface area (TPSA) is 167 Å². The van der Waals surface area contributed by atoms with E-state index in [0.717, 1.165) is 57.9 Å². The number of ether oxygens (including phenoxy) is 7. The van der Waals surface area contributed by atoms with Gasteiger partial charge in [0.15, 0.2) is 11.6 Å². The van der Waals surface area contributed by atoms with Gasteiger partial charge in [-0.2, -0.15) is 0 Å². The molecule has 0 aliphatic heterocycles. The summed E-state index contributed by atoms with van der Waals surface area (Å²) in [5, 5.41) is 0. The fourth-order valence-electron chi connectivity index (χ4n) is 11.5. The van der Waals surface area contributed by atoms with Gasteiger partial charge in [0.25, 0.3) is 0 Å². The van der Waals surface area contributed by atoms with E-state index in [4.69, 9.17) is 33.2 Å². The second-order valence-electron chi connectivity index (χ2n) is 27.2. The first-order valence-electron chi connectivity index (χ1n) is 37.0. The molecule has 13 aromatic carbocycles. The van der Waals surface area contributed by atoms with Gasteiger partial charge in [-0.25, -0.2) is 16.8 Å². The van der Waals surface area contributed by atoms with Crippen LogP contribution in [0.15, 0.2) is 328 Å². The molecule has 0 aliphatic carbocycles. The van der Waals surface area contributed by atoms with Crippen molar-refractivity contribution >= 4 is 90.6 Å². The number of rotatable bonds is 20. The SMILES string of the molecule is COc1c(C)cc(C)cc1C.COc1ccc(C(=O)c2ccc(C)cc2)cc1.COc1ccc(C(C)(C)c2ccc(Oc3ccc(S(=O)(=O)c4ccc(C)cc4)cc3)cc2)cc1.COc1ccc(Oc2ccc(C(=O)c3ccc(C)cc3)cc2)cc1.COc1ccc(S(=O)(=O)c2ccc(C)cc2)cc1.CSc1ccc(C)cc1.P=S.PP=S.[U]. The number of aryl methyl sites for hydroxylation is 8. The zero-order valence-corrected chi connectivity index (χ0v) is 81.0. The Labute approximate surface area is 748 Å². The Morgan fingerprint density at radius 2 is 0.538 bits per heavy atom. The van der Waals surface area contributed by atoms with E-state index in [1.165, 1.54) is 32.7 Å². The molecule has 0 radical (unpaired) electrons. The molecule has 1 atom stereocenters. The molecule has 616 valence electrons. The maximum absolute atomic E-state index is 12.9. The van der Waals surface area contributed by atoms with Crippen LogP contribution in [0.3, 0.4) is 0 Å². The number of hydrogen-bond donors (Lipinski definition) is 0. The van der Waals surface area contributed by atoms with Crippen molar-refractivity contribution in [1.82, 2.24) is 0 Å². The van der Waals surface area contributed by atoms with Gasteiger partial charge in [0, 0.05) is 63.7 Å². The summed E-state index contributed by atoms with van der Waals surface area (Å²) in [5.41, 5.74) is 14.2. The molecule has 0 N–H and O–H groups in total. The summed E-state index contributed by atoms with van der Waals surface area (Å²) in [6, 6.07) is 92.2. The Morgan fingerprint density at radius 3 is 0.807 bits per heavy atom. The van der Waals surface area contributed by atoms with E-state index >= 15 is 0 Å². The zero-order chi connectivity index (χ0) is 86.5. The number of methoxy groups -OCH3 is 5. The smallest absolute Gasteiger partial charge is 0.206 e. The molecule has 13 aromatic rings. The fraction of sp³-hybridized carbons (Fsp3) is 0.175. The number of carbonyl (C=O) groups excluding carboxylic acids is 2. The van der Waals surface area contributed by atoms with Gasteiger partial charge < -0.3 is 33.2 Å². The molecular weight excluding hydrogens is 1860 g/mol. The minimum Gasteiger partial charge on any atom is -0.497 e. The van der Waals surface area contributed by atoms with Crippen molar-refractivity contribution in [1.29, 1.82) is 0 Å². The predicted octanol–water partition coefficient (Wildman–Crippen LogP) is 25.2. The van der Waals surface area contributed by atoms with E-state index in [1.807, 2.05) is 125 Å². The number of ketones is 2. The average Bonchev–Trinajstić information content (AvgIpc) is 0.806. The summed E-state index contributed by atoms with van der Waals surface area (Å²) in [6.45, 7) is 20.5. The monoisotopic (exact) mass is 1960 g/mol. The summed E-state index contributed by atoms with van der Waals surface area (Å²) in [6.07, 6.45) is 2.09. The molecule has 0 amide bonds. The number of carbonyl (C=O) groups is 2. The van der Waals surface area contributed by atoms with Crippen LogP contribution in [0, 0.1) is 86.5 Å². The van der Waals surface area contributed by atoms with Gasteiger partial charge in [-0.3, -0.25) is 9.59 Å². The van der Waals surface area contributed by atoms with Crippen LogP contribution < -0.4 is 33.2 Å². The van der Waals surface area contributed by atoms with Crippen molar-refractivity contribution in [2.75, 3.05) is 41.8 Å². The third kappa shape index (κ3) is 31.3. The van der Waals surface area contributed by atoms with Crippen LogP contribution in [0.5, 0.6) is 51.7 Å². The van der Waals surface area contributed by atoms with Crippen molar-refractivity contribution in [3.05, 3.63) is 381 Å². The predicted molar refractivity (Wildman–Crippen MR) is 496 cm³/mol. The largest absolute Gasteiger partial charge is 0.497 e. The van der Waals surface area contributed by atoms with Gasteiger partial charge in [-0.15, -0.1) is 11.8 Å². The molecule has 1 unspecified atom stereocenters. The van der Waals surface area contributed by atoms with Crippen LogP contribution in [-0.4, -0.2) is 70.2 Å². The zero-order valence-electron chi connectivity index (χ0n) is 69.7. The molecule has 0 fully saturated rings. The van der Waals surface area contributed by atoms with Gasteiger partial charge in [-0.05, 0) is 281 Å². The third-order valence-electron chi connectivity index (χ3n) is 18.2. The normalized spacial score (nSPS) is 10.4. The Bertz CT molecular complexity index is 5500. The maximum atomic E-state index is 12.9. The summed E-state index contributed by atoms with van der Waals surface area (Å²) in [5.74, 6) is 6.71. The second-order valence-corrected chi connectivity index (χ2v) is 34.8. The van der Waals surface area contributed by atoms with Gasteiger partial charge in [0.05, 0.1) is 55.1 Å². The maximum Gasteiger partial charge on any atom is 0.206 e. The van der Waals surface area contributed by atoms with Crippen LogP contribution in [0.1, 0.15) is 101 Å². The fourth-order valence-corrected chi connectivity index (χ4v) is 14.4. The van der Waals surface area contributed by atoms with Crippen molar-refractivity contribution in [3.63, 3.8) is 0 Å². The summed E-state index contributed by atoms with van der Waals surface area (Å²) >= 11 is 10.00. The molecule has 0 aliphatic rings. The minimum absolute atomic E-state index is 0. The molecule has 0 heterocycles. The summed E-state index contributed by atoms with van der Waals surface area (Å²) in [4.78, 5) is 27.0. The van der Waals surface area contributed by atoms with Crippen LogP contribution >= 0.6 is 35.8 Å². The molecule has 0 saturated carbocycles. The summed E-state index contributed by atoms with van der Waals surface area (Å²) < 4.78 is 87.7. The van der Waals surface area contributed by atoms with Gasteiger partial charge in [-0.1, -0.05) is 201 Å². The van der Waals surface area contributed by atoms with E-state index < -0.39 is 19.7 Å². The Kier molecular flexibility index (Phi) is 42.6. The molecule has 0 saturated heterocycles. The molecule has 13 nitrogen and oxygen atoms in total. The van der Waals surface area contributed by atoms with Crippen LogP contribution in [0.2, 0.25) is 0 Å². The Morgan fingerprint density at radius 1 is 0.336 bits per heavy atom. The van der Waals surface area contributed by atoms with E-state index in [0.29, 0.717) is 55.9 Å². The number of sulfone groups is 2. The molecule has 0 aromatic heterocycles. The van der Waals surface area contributed by atoms with Crippen LogP contribution in [0.25, 0.3) is 0 Å². The van der Waals surface area contributed by atoms with Crippen molar-refractivity contribution < 1.29 is 90.7 Å². The van der Waals surface area contributed by atoms with Gasteiger partial charge >= 0.3 is 0 Å². The number of thioether (sulfide) groups is 1. The first kappa shape index (κ1) is 100. The first-order chi connectivity index (χ1) is 56.5. The molecule has 119 heavy (non-hydrogen) atoms. The molecule has 0 spiro atoms. The van der Waals surface area contributed by atoms with Crippen LogP contribution in [0.4, 0.5) is 0 Å². The molecular formula is C97H101O13P3S5U. The standard InChI is InChI=1S/C29H28O4S.C21H18O3.C15H14O2.C14H14O3S.C10H14O.C8H10S.H2P2S.HPS.U/c1-21-5-17-27(18-6-21)34(30,31)28-19-15-26(16-20-28)33-25-13-9-23(10-14-25)29(2,3)22-7-11-24(32-4)12-8-22;1-15-3-5-16(6-4-15)21(22)17-7-9-19(10-8-17)24-20-13-11-18(23-2)12-14-20;1-11-3-5-12(6-4-11)15(16)13-7-9-14(17-2)10-8-13;1-11-3-7-13(8-4-11)18(15,16)14-9-5-12(17-2)6-10-14;1-7-5-8(2)10(11-4)9(3)6-7;1-7-3-5-8(9-2)6-4-7;1-2-3;1-2;/h5-20H,1-4H3;3-14H,1-2H3;3-10H,1-2H3;3-10H,1-2H3;5-6H,1-4H3;3-6H,1-2H3;1H2;1H;. The Hall–Kier alpha value is -9.43. The van der Waals surface area contributed by atoms with Crippen LogP contribution in [-0.2, 0) is 48.7 Å². The van der Waals surface area contributed by atoms with E-state index in [9.17, 15) is 26.4 Å². The van der Waals surface area contributed by atoms with Crippen molar-refractivity contribution in [3.8, 4) is 51.7 Å².